The Morgan fingerprint density at radius 3 is 2.92 bits per heavy atom. The zero-order valence-corrected chi connectivity index (χ0v) is 15.1. The summed E-state index contributed by atoms with van der Waals surface area (Å²) >= 11 is 0. The second-order valence-electron chi connectivity index (χ2n) is 6.26. The standard InChI is InChI=1S/C20H21N3O3/c1-11(2)9-26-19-13(6-5-7-16(19)24-4)17-14(8-21)20(22)23-18-12(3)25-10-15(17)18/h5-7,12H,1,9-10H2,2-4H3,(H2,22,23)/t12-/m1/s1. The molecule has 1 aliphatic rings. The molecule has 0 spiro atoms. The van der Waals surface area contributed by atoms with Gasteiger partial charge in [0.1, 0.15) is 24.1 Å². The fraction of sp³-hybridized carbons (Fsp3) is 0.300. The molecule has 0 bridgehead atoms. The van der Waals surface area contributed by atoms with Crippen LogP contribution in [-0.4, -0.2) is 18.7 Å². The van der Waals surface area contributed by atoms with Crippen LogP contribution in [0.15, 0.2) is 30.4 Å². The third-order valence-corrected chi connectivity index (χ3v) is 4.26. The van der Waals surface area contributed by atoms with Crippen LogP contribution in [0.1, 0.15) is 36.8 Å². The van der Waals surface area contributed by atoms with Crippen LogP contribution in [0.5, 0.6) is 11.5 Å². The lowest BCUT2D eigenvalue weighted by Crippen LogP contribution is -2.07. The number of nitrogen functional groups attached to an aromatic ring is 1. The first kappa shape index (κ1) is 17.8. The van der Waals surface area contributed by atoms with Crippen molar-refractivity contribution in [1.82, 2.24) is 4.98 Å². The third-order valence-electron chi connectivity index (χ3n) is 4.26. The summed E-state index contributed by atoms with van der Waals surface area (Å²) in [7, 11) is 1.58. The van der Waals surface area contributed by atoms with E-state index >= 15 is 0 Å². The van der Waals surface area contributed by atoms with Crippen molar-refractivity contribution < 1.29 is 14.2 Å². The molecule has 6 heteroatoms. The number of hydrogen-bond acceptors (Lipinski definition) is 6. The number of anilines is 1. The zero-order chi connectivity index (χ0) is 18.8. The predicted molar refractivity (Wildman–Crippen MR) is 98.9 cm³/mol. The van der Waals surface area contributed by atoms with Crippen LogP contribution in [0.25, 0.3) is 11.1 Å². The Labute approximate surface area is 152 Å². The molecule has 2 N–H and O–H groups in total. The van der Waals surface area contributed by atoms with E-state index in [1.165, 1.54) is 0 Å². The van der Waals surface area contributed by atoms with E-state index in [1.807, 2.05) is 32.0 Å². The van der Waals surface area contributed by atoms with Gasteiger partial charge in [0.15, 0.2) is 11.5 Å². The van der Waals surface area contributed by atoms with E-state index in [4.69, 9.17) is 19.9 Å². The molecule has 2 aromatic rings. The number of aromatic nitrogens is 1. The Bertz CT molecular complexity index is 915. The van der Waals surface area contributed by atoms with Crippen molar-refractivity contribution in [2.75, 3.05) is 19.5 Å². The Morgan fingerprint density at radius 2 is 2.27 bits per heavy atom. The van der Waals surface area contributed by atoms with Gasteiger partial charge in [0.2, 0.25) is 0 Å². The molecule has 1 atom stereocenters. The van der Waals surface area contributed by atoms with Crippen LogP contribution in [0, 0.1) is 11.3 Å². The van der Waals surface area contributed by atoms with Crippen molar-refractivity contribution in [3.8, 4) is 28.7 Å². The molecule has 0 aliphatic carbocycles. The molecule has 134 valence electrons. The summed E-state index contributed by atoms with van der Waals surface area (Å²) in [6.07, 6.45) is -0.177. The molecule has 0 radical (unpaired) electrons. The van der Waals surface area contributed by atoms with E-state index in [9.17, 15) is 5.26 Å². The van der Waals surface area contributed by atoms with E-state index in [0.29, 0.717) is 35.8 Å². The van der Waals surface area contributed by atoms with Gasteiger partial charge in [-0.15, -0.1) is 0 Å². The molecule has 0 fully saturated rings. The number of pyridine rings is 1. The molecule has 2 heterocycles. The summed E-state index contributed by atoms with van der Waals surface area (Å²) in [6, 6.07) is 7.73. The van der Waals surface area contributed by atoms with Gasteiger partial charge in [0.05, 0.1) is 25.5 Å². The monoisotopic (exact) mass is 351 g/mol. The summed E-state index contributed by atoms with van der Waals surface area (Å²) in [6.45, 7) is 8.38. The Balaban J connectivity index is 2.29. The minimum Gasteiger partial charge on any atom is -0.493 e. The number of rotatable bonds is 5. The number of methoxy groups -OCH3 is 1. The molecule has 3 rings (SSSR count). The quantitative estimate of drug-likeness (QED) is 0.825. The van der Waals surface area contributed by atoms with Gasteiger partial charge in [0.25, 0.3) is 0 Å². The van der Waals surface area contributed by atoms with Crippen LogP contribution in [0.4, 0.5) is 5.82 Å². The lowest BCUT2D eigenvalue weighted by atomic mass is 9.93. The van der Waals surface area contributed by atoms with Gasteiger partial charge < -0.3 is 19.9 Å². The first-order valence-electron chi connectivity index (χ1n) is 8.26. The Kier molecular flexibility index (Phi) is 4.83. The average Bonchev–Trinajstić information content (AvgIpc) is 2.99. The highest BCUT2D eigenvalue weighted by Gasteiger charge is 2.30. The van der Waals surface area contributed by atoms with Gasteiger partial charge in [-0.25, -0.2) is 4.98 Å². The van der Waals surface area contributed by atoms with Crippen molar-refractivity contribution in [3.63, 3.8) is 0 Å². The van der Waals surface area contributed by atoms with Gasteiger partial charge in [-0.05, 0) is 25.5 Å². The van der Waals surface area contributed by atoms with Crippen LogP contribution in [0.2, 0.25) is 0 Å². The van der Waals surface area contributed by atoms with Crippen LogP contribution in [-0.2, 0) is 11.3 Å². The molecule has 6 nitrogen and oxygen atoms in total. The Morgan fingerprint density at radius 1 is 1.50 bits per heavy atom. The first-order valence-corrected chi connectivity index (χ1v) is 8.26. The minimum absolute atomic E-state index is 0.177. The molecule has 1 aromatic carbocycles. The van der Waals surface area contributed by atoms with Gasteiger partial charge in [0, 0.05) is 16.7 Å². The number of nitrogens with two attached hydrogens (primary N) is 1. The molecular formula is C20H21N3O3. The van der Waals surface area contributed by atoms with E-state index in [1.54, 1.807) is 7.11 Å². The van der Waals surface area contributed by atoms with E-state index in [-0.39, 0.29) is 11.9 Å². The second-order valence-corrected chi connectivity index (χ2v) is 6.26. The highest BCUT2D eigenvalue weighted by Crippen LogP contribution is 2.45. The van der Waals surface area contributed by atoms with Crippen molar-refractivity contribution in [2.45, 2.75) is 26.6 Å². The van der Waals surface area contributed by atoms with Crippen LogP contribution in [0.3, 0.4) is 0 Å². The number of nitriles is 1. The van der Waals surface area contributed by atoms with Gasteiger partial charge in [-0.2, -0.15) is 5.26 Å². The maximum absolute atomic E-state index is 9.70. The highest BCUT2D eigenvalue weighted by atomic mass is 16.5. The molecule has 0 saturated carbocycles. The number of fused-ring (bicyclic) bond motifs is 1. The maximum Gasteiger partial charge on any atom is 0.169 e. The molecule has 0 saturated heterocycles. The second kappa shape index (κ2) is 7.06. The predicted octanol–water partition coefficient (Wildman–Crippen LogP) is 3.76. The Hall–Kier alpha value is -3.04. The summed E-state index contributed by atoms with van der Waals surface area (Å²) in [5.41, 5.74) is 10.3. The average molecular weight is 351 g/mol. The maximum atomic E-state index is 9.70. The fourth-order valence-electron chi connectivity index (χ4n) is 3.06. The molecule has 26 heavy (non-hydrogen) atoms. The summed E-state index contributed by atoms with van der Waals surface area (Å²) < 4.78 is 17.2. The van der Waals surface area contributed by atoms with E-state index in [2.05, 4.69) is 17.6 Å². The van der Waals surface area contributed by atoms with Gasteiger partial charge in [-0.3, -0.25) is 0 Å². The van der Waals surface area contributed by atoms with Crippen molar-refractivity contribution >= 4 is 5.82 Å². The van der Waals surface area contributed by atoms with E-state index < -0.39 is 0 Å². The first-order chi connectivity index (χ1) is 12.5. The lowest BCUT2D eigenvalue weighted by molar-refractivity contribution is 0.0780. The topological polar surface area (TPSA) is 90.4 Å². The van der Waals surface area contributed by atoms with Gasteiger partial charge >= 0.3 is 0 Å². The number of benzene rings is 1. The molecule has 0 amide bonds. The largest absolute Gasteiger partial charge is 0.493 e. The highest BCUT2D eigenvalue weighted by molar-refractivity contribution is 5.84. The van der Waals surface area contributed by atoms with Crippen molar-refractivity contribution in [3.05, 3.63) is 47.2 Å². The molecular weight excluding hydrogens is 330 g/mol. The number of para-hydroxylation sites is 1. The smallest absolute Gasteiger partial charge is 0.169 e. The van der Waals surface area contributed by atoms with Crippen molar-refractivity contribution in [1.29, 1.82) is 5.26 Å². The number of ether oxygens (including phenoxy) is 3. The van der Waals surface area contributed by atoms with Crippen LogP contribution >= 0.6 is 0 Å². The summed E-state index contributed by atoms with van der Waals surface area (Å²) in [5.74, 6) is 1.30. The third kappa shape index (κ3) is 2.98. The SMILES string of the molecule is C=C(C)COc1c(OC)cccc1-c1c(C#N)c(N)nc2c1CO[C@@H]2C. The van der Waals surface area contributed by atoms with E-state index in [0.717, 1.165) is 22.4 Å². The molecule has 1 aliphatic heterocycles. The lowest BCUT2D eigenvalue weighted by Gasteiger charge is -2.18. The molecule has 1 aromatic heterocycles. The fourth-order valence-corrected chi connectivity index (χ4v) is 3.06. The molecule has 0 unspecified atom stereocenters. The van der Waals surface area contributed by atoms with Crippen LogP contribution < -0.4 is 15.2 Å². The minimum atomic E-state index is -0.177. The van der Waals surface area contributed by atoms with Gasteiger partial charge in [-0.1, -0.05) is 18.7 Å². The normalized spacial score (nSPS) is 15.2. The summed E-state index contributed by atoms with van der Waals surface area (Å²) in [5, 5.41) is 9.70. The number of nitrogens with zero attached hydrogens (tertiary/aromatic N) is 2. The number of hydrogen-bond donors (Lipinski definition) is 1. The zero-order valence-electron chi connectivity index (χ0n) is 15.1. The summed E-state index contributed by atoms with van der Waals surface area (Å²) in [4.78, 5) is 4.38. The van der Waals surface area contributed by atoms with Crippen molar-refractivity contribution in [2.24, 2.45) is 0 Å².